The van der Waals surface area contributed by atoms with Gasteiger partial charge in [0.15, 0.2) is 0 Å². The summed E-state index contributed by atoms with van der Waals surface area (Å²) in [6.07, 6.45) is 4.35. The molecular weight excluding hydrogens is 182 g/mol. The van der Waals surface area contributed by atoms with Crippen molar-refractivity contribution < 1.29 is 15.3 Å². The van der Waals surface area contributed by atoms with Gasteiger partial charge in [-0.15, -0.1) is 0 Å². The van der Waals surface area contributed by atoms with E-state index < -0.39 is 12.5 Å². The van der Waals surface area contributed by atoms with Gasteiger partial charge < -0.3 is 15.3 Å². The summed E-state index contributed by atoms with van der Waals surface area (Å²) in [6, 6.07) is 0. The first-order chi connectivity index (χ1) is 6.75. The monoisotopic (exact) mass is 203 g/mol. The molecule has 0 bridgehead atoms. The molecule has 4 nitrogen and oxygen atoms in total. The Hall–Kier alpha value is -0.160. The van der Waals surface area contributed by atoms with Crippen molar-refractivity contribution in [3.8, 4) is 0 Å². The predicted molar refractivity (Wildman–Crippen MR) is 53.5 cm³/mol. The normalized spacial score (nSPS) is 28.5. The SMILES string of the molecule is OCCCCCCN1C(O)CCC1O. The van der Waals surface area contributed by atoms with Gasteiger partial charge in [-0.05, 0) is 25.7 Å². The quantitative estimate of drug-likeness (QED) is 0.542. The number of nitrogens with zero attached hydrogens (tertiary/aromatic N) is 1. The van der Waals surface area contributed by atoms with Crippen molar-refractivity contribution in [1.82, 2.24) is 4.90 Å². The van der Waals surface area contributed by atoms with E-state index in [1.165, 1.54) is 0 Å². The van der Waals surface area contributed by atoms with E-state index in [2.05, 4.69) is 0 Å². The highest BCUT2D eigenvalue weighted by Crippen LogP contribution is 2.20. The van der Waals surface area contributed by atoms with Crippen LogP contribution in [0.25, 0.3) is 0 Å². The summed E-state index contributed by atoms with van der Waals surface area (Å²) in [7, 11) is 0. The van der Waals surface area contributed by atoms with Gasteiger partial charge >= 0.3 is 0 Å². The summed E-state index contributed by atoms with van der Waals surface area (Å²) >= 11 is 0. The lowest BCUT2D eigenvalue weighted by Gasteiger charge is -2.23. The Kier molecular flexibility index (Phi) is 5.40. The summed E-state index contributed by atoms with van der Waals surface area (Å²) in [5, 5.41) is 27.5. The molecule has 0 amide bonds. The maximum atomic E-state index is 9.49. The first-order valence-corrected chi connectivity index (χ1v) is 5.48. The number of aliphatic hydroxyl groups excluding tert-OH is 3. The number of hydrogen-bond donors (Lipinski definition) is 3. The van der Waals surface area contributed by atoms with Crippen molar-refractivity contribution in [2.24, 2.45) is 0 Å². The van der Waals surface area contributed by atoms with E-state index in [-0.39, 0.29) is 6.61 Å². The molecule has 0 radical (unpaired) electrons. The molecule has 1 aliphatic heterocycles. The zero-order chi connectivity index (χ0) is 10.4. The fourth-order valence-corrected chi connectivity index (χ4v) is 1.89. The minimum atomic E-state index is -0.456. The highest BCUT2D eigenvalue weighted by Gasteiger charge is 2.29. The summed E-state index contributed by atoms with van der Waals surface area (Å²) in [5.74, 6) is 0. The second-order valence-electron chi connectivity index (χ2n) is 3.91. The van der Waals surface area contributed by atoms with Crippen LogP contribution in [0.1, 0.15) is 38.5 Å². The largest absolute Gasteiger partial charge is 0.396 e. The molecule has 2 unspecified atom stereocenters. The van der Waals surface area contributed by atoms with Crippen molar-refractivity contribution in [2.45, 2.75) is 51.0 Å². The summed E-state index contributed by atoms with van der Waals surface area (Å²) in [6.45, 7) is 1.02. The number of aliphatic hydroxyl groups is 3. The minimum Gasteiger partial charge on any atom is -0.396 e. The topological polar surface area (TPSA) is 63.9 Å². The zero-order valence-electron chi connectivity index (χ0n) is 8.60. The van der Waals surface area contributed by atoms with E-state index in [0.717, 1.165) is 32.2 Å². The molecule has 1 saturated heterocycles. The molecule has 0 spiro atoms. The summed E-state index contributed by atoms with van der Waals surface area (Å²) in [4.78, 5) is 1.75. The molecule has 1 aliphatic rings. The van der Waals surface area contributed by atoms with Gasteiger partial charge in [0.2, 0.25) is 0 Å². The van der Waals surface area contributed by atoms with Crippen LogP contribution in [0.15, 0.2) is 0 Å². The van der Waals surface area contributed by atoms with Crippen LogP contribution in [0.3, 0.4) is 0 Å². The molecule has 3 N–H and O–H groups in total. The molecule has 1 heterocycles. The molecule has 1 rings (SSSR count). The average Bonchev–Trinajstić information content (AvgIpc) is 2.48. The maximum Gasteiger partial charge on any atom is 0.109 e. The van der Waals surface area contributed by atoms with Crippen molar-refractivity contribution in [3.05, 3.63) is 0 Å². The Morgan fingerprint density at radius 1 is 0.929 bits per heavy atom. The molecular formula is C10H21NO3. The Balaban J connectivity index is 2.05. The third kappa shape index (κ3) is 3.53. The molecule has 0 aromatic carbocycles. The van der Waals surface area contributed by atoms with Crippen LogP contribution in [-0.4, -0.2) is 45.8 Å². The lowest BCUT2D eigenvalue weighted by molar-refractivity contribution is -0.0534. The van der Waals surface area contributed by atoms with E-state index in [0.29, 0.717) is 12.8 Å². The molecule has 0 aromatic heterocycles. The van der Waals surface area contributed by atoms with Gasteiger partial charge in [-0.3, -0.25) is 4.90 Å². The van der Waals surface area contributed by atoms with Crippen LogP contribution < -0.4 is 0 Å². The third-order valence-electron chi connectivity index (χ3n) is 2.77. The van der Waals surface area contributed by atoms with Crippen molar-refractivity contribution >= 4 is 0 Å². The van der Waals surface area contributed by atoms with Crippen LogP contribution in [0.5, 0.6) is 0 Å². The van der Waals surface area contributed by atoms with Crippen LogP contribution in [-0.2, 0) is 0 Å². The molecule has 0 aliphatic carbocycles. The first-order valence-electron chi connectivity index (χ1n) is 5.48. The highest BCUT2D eigenvalue weighted by molar-refractivity contribution is 4.74. The molecule has 0 saturated carbocycles. The van der Waals surface area contributed by atoms with Gasteiger partial charge in [0, 0.05) is 13.2 Å². The van der Waals surface area contributed by atoms with Crippen LogP contribution in [0, 0.1) is 0 Å². The van der Waals surface area contributed by atoms with Crippen LogP contribution in [0.4, 0.5) is 0 Å². The van der Waals surface area contributed by atoms with Crippen LogP contribution in [0.2, 0.25) is 0 Å². The Morgan fingerprint density at radius 2 is 1.50 bits per heavy atom. The Morgan fingerprint density at radius 3 is 2.07 bits per heavy atom. The second-order valence-corrected chi connectivity index (χ2v) is 3.91. The van der Waals surface area contributed by atoms with E-state index in [1.54, 1.807) is 4.90 Å². The van der Waals surface area contributed by atoms with E-state index in [1.807, 2.05) is 0 Å². The van der Waals surface area contributed by atoms with Crippen molar-refractivity contribution in [1.29, 1.82) is 0 Å². The lowest BCUT2D eigenvalue weighted by Crippen LogP contribution is -2.36. The van der Waals surface area contributed by atoms with Gasteiger partial charge in [0.05, 0.1) is 0 Å². The second kappa shape index (κ2) is 6.35. The van der Waals surface area contributed by atoms with Crippen molar-refractivity contribution in [3.63, 3.8) is 0 Å². The van der Waals surface area contributed by atoms with Gasteiger partial charge in [-0.25, -0.2) is 0 Å². The van der Waals surface area contributed by atoms with Crippen molar-refractivity contribution in [2.75, 3.05) is 13.2 Å². The average molecular weight is 203 g/mol. The summed E-state index contributed by atoms with van der Waals surface area (Å²) < 4.78 is 0. The standard InChI is InChI=1S/C10H21NO3/c12-8-4-2-1-3-7-11-9(13)5-6-10(11)14/h9-10,12-14H,1-8H2. The van der Waals surface area contributed by atoms with Gasteiger partial charge in [0.25, 0.3) is 0 Å². The maximum absolute atomic E-state index is 9.49. The van der Waals surface area contributed by atoms with E-state index in [9.17, 15) is 10.2 Å². The predicted octanol–water partition coefficient (Wildman–Crippen LogP) is 0.272. The number of rotatable bonds is 6. The molecule has 2 atom stereocenters. The lowest BCUT2D eigenvalue weighted by atomic mass is 10.2. The first kappa shape index (κ1) is 11.9. The summed E-state index contributed by atoms with van der Waals surface area (Å²) in [5.41, 5.74) is 0. The van der Waals surface area contributed by atoms with E-state index in [4.69, 9.17) is 5.11 Å². The molecule has 0 aromatic rings. The van der Waals surface area contributed by atoms with Gasteiger partial charge in [-0.1, -0.05) is 12.8 Å². The molecule has 1 fully saturated rings. The van der Waals surface area contributed by atoms with Gasteiger partial charge in [0.1, 0.15) is 12.5 Å². The van der Waals surface area contributed by atoms with Gasteiger partial charge in [-0.2, -0.15) is 0 Å². The molecule has 84 valence electrons. The van der Waals surface area contributed by atoms with E-state index >= 15 is 0 Å². The Labute approximate surface area is 85.2 Å². The fourth-order valence-electron chi connectivity index (χ4n) is 1.89. The minimum absolute atomic E-state index is 0.259. The number of hydrogen-bond acceptors (Lipinski definition) is 4. The number of likely N-dealkylation sites (tertiary alicyclic amines) is 1. The van der Waals surface area contributed by atoms with Crippen LogP contribution >= 0.6 is 0 Å². The number of unbranched alkanes of at least 4 members (excludes halogenated alkanes) is 3. The molecule has 14 heavy (non-hydrogen) atoms. The highest BCUT2D eigenvalue weighted by atomic mass is 16.3. The Bertz CT molecular complexity index is 144. The fraction of sp³-hybridized carbons (Fsp3) is 1.00. The third-order valence-corrected chi connectivity index (χ3v) is 2.77. The smallest absolute Gasteiger partial charge is 0.109 e. The molecule has 4 heteroatoms. The zero-order valence-corrected chi connectivity index (χ0v) is 8.60.